The summed E-state index contributed by atoms with van der Waals surface area (Å²) in [5, 5.41) is 33.5. The molecule has 0 aromatic heterocycles. The SMILES string of the molecule is Ic1cccc(I)c1.N#CC#Cc1cccc(C#CC#N)c1.OCC#Cc1cccc(C#CCO)c1. The largest absolute Gasteiger partial charge is 0.384 e. The van der Waals surface area contributed by atoms with Crippen molar-refractivity contribution in [3.8, 4) is 59.5 Å². The van der Waals surface area contributed by atoms with E-state index in [9.17, 15) is 0 Å². The first kappa shape index (κ1) is 30.3. The fraction of sp³-hybridized carbons (Fsp3) is 0.0667. The van der Waals surface area contributed by atoms with Crippen molar-refractivity contribution in [2.75, 3.05) is 13.2 Å². The number of halogens is 2. The Morgan fingerprint density at radius 3 is 1.22 bits per heavy atom. The van der Waals surface area contributed by atoms with E-state index < -0.39 is 0 Å². The van der Waals surface area contributed by atoms with Crippen LogP contribution in [-0.2, 0) is 0 Å². The standard InChI is InChI=1S/C12H4N2.C12H10O2.C6H4I2/c2*13-8-2-6-11-4-1-5-12(10-11)7-3-9-14;7-5-2-1-3-6(8)4-5/h1,4-5,10H;1,4-5,10,13-14H,8-9H2;1-4H. The molecule has 6 heteroatoms. The Morgan fingerprint density at radius 1 is 0.556 bits per heavy atom. The fourth-order valence-electron chi connectivity index (χ4n) is 2.29. The molecular weight excluding hydrogens is 674 g/mol. The molecule has 36 heavy (non-hydrogen) atoms. The fourth-order valence-corrected chi connectivity index (χ4v) is 3.97. The second-order valence-electron chi connectivity index (χ2n) is 6.24. The topological polar surface area (TPSA) is 88.0 Å². The zero-order valence-corrected chi connectivity index (χ0v) is 23.2. The molecule has 0 unspecified atom stereocenters. The number of rotatable bonds is 0. The Morgan fingerprint density at radius 2 is 0.917 bits per heavy atom. The van der Waals surface area contributed by atoms with E-state index >= 15 is 0 Å². The highest BCUT2D eigenvalue weighted by molar-refractivity contribution is 14.1. The molecule has 0 heterocycles. The van der Waals surface area contributed by atoms with Crippen LogP contribution in [0.4, 0.5) is 0 Å². The van der Waals surface area contributed by atoms with Crippen LogP contribution >= 0.6 is 45.2 Å². The molecule has 2 N–H and O–H groups in total. The maximum atomic E-state index is 8.50. The Hall–Kier alpha value is -3.74. The van der Waals surface area contributed by atoms with Gasteiger partial charge in [-0.1, -0.05) is 53.7 Å². The predicted octanol–water partition coefficient (Wildman–Crippen LogP) is 4.71. The van der Waals surface area contributed by atoms with Gasteiger partial charge >= 0.3 is 0 Å². The van der Waals surface area contributed by atoms with Crippen molar-refractivity contribution in [2.24, 2.45) is 0 Å². The van der Waals surface area contributed by atoms with Crippen molar-refractivity contribution in [2.45, 2.75) is 0 Å². The molecule has 3 aromatic carbocycles. The third kappa shape index (κ3) is 14.5. The lowest BCUT2D eigenvalue weighted by molar-refractivity contribution is 0.350. The number of nitriles is 2. The molecule has 0 amide bonds. The third-order valence-electron chi connectivity index (χ3n) is 3.66. The molecule has 0 saturated carbocycles. The van der Waals surface area contributed by atoms with Crippen LogP contribution in [-0.4, -0.2) is 23.4 Å². The number of benzene rings is 3. The Labute approximate surface area is 239 Å². The quantitative estimate of drug-likeness (QED) is 0.264. The van der Waals surface area contributed by atoms with Gasteiger partial charge in [-0.05, 0) is 99.8 Å². The molecule has 3 aromatic rings. The molecular formula is C30H18I2N2O2. The number of aliphatic hydroxyl groups is 2. The van der Waals surface area contributed by atoms with Gasteiger partial charge in [-0.2, -0.15) is 10.5 Å². The van der Waals surface area contributed by atoms with Crippen molar-refractivity contribution in [1.82, 2.24) is 0 Å². The van der Waals surface area contributed by atoms with E-state index in [0.717, 1.165) is 22.3 Å². The van der Waals surface area contributed by atoms with Crippen LogP contribution in [0.2, 0.25) is 0 Å². The summed E-state index contributed by atoms with van der Waals surface area (Å²) < 4.78 is 2.60. The first-order valence-electron chi connectivity index (χ1n) is 10.1. The number of hydrogen-bond donors (Lipinski definition) is 2. The zero-order chi connectivity index (χ0) is 26.4. The highest BCUT2D eigenvalue weighted by Crippen LogP contribution is 2.08. The molecule has 0 fully saturated rings. The van der Waals surface area contributed by atoms with Gasteiger partial charge in [0.2, 0.25) is 0 Å². The van der Waals surface area contributed by atoms with Crippen molar-refractivity contribution >= 4 is 45.2 Å². The van der Waals surface area contributed by atoms with E-state index in [4.69, 9.17) is 20.7 Å². The lowest BCUT2D eigenvalue weighted by Gasteiger charge is -1.91. The average Bonchev–Trinajstić information content (AvgIpc) is 2.89. The lowest BCUT2D eigenvalue weighted by Crippen LogP contribution is -1.80. The Balaban J connectivity index is 0.000000281. The number of hydrogen-bond acceptors (Lipinski definition) is 4. The van der Waals surface area contributed by atoms with Crippen molar-refractivity contribution in [3.05, 3.63) is 102 Å². The second-order valence-corrected chi connectivity index (χ2v) is 8.74. The van der Waals surface area contributed by atoms with Crippen molar-refractivity contribution in [1.29, 1.82) is 10.5 Å². The monoisotopic (exact) mass is 692 g/mol. The molecule has 4 nitrogen and oxygen atoms in total. The van der Waals surface area contributed by atoms with Gasteiger partial charge in [0.05, 0.1) is 0 Å². The summed E-state index contributed by atoms with van der Waals surface area (Å²) in [5.74, 6) is 20.6. The summed E-state index contributed by atoms with van der Waals surface area (Å²) in [6, 6.07) is 26.2. The van der Waals surface area contributed by atoms with E-state index in [1.54, 1.807) is 36.4 Å². The highest BCUT2D eigenvalue weighted by atomic mass is 127. The van der Waals surface area contributed by atoms with Crippen molar-refractivity contribution in [3.63, 3.8) is 0 Å². The number of nitrogens with zero attached hydrogens (tertiary/aromatic N) is 2. The Kier molecular flexibility index (Phi) is 16.5. The molecule has 0 aliphatic rings. The molecule has 3 rings (SSSR count). The summed E-state index contributed by atoms with van der Waals surface area (Å²) >= 11 is 4.60. The molecule has 0 aliphatic heterocycles. The molecule has 0 atom stereocenters. The Bertz CT molecular complexity index is 1390. The van der Waals surface area contributed by atoms with Gasteiger partial charge in [-0.3, -0.25) is 0 Å². The van der Waals surface area contributed by atoms with Crippen LogP contribution in [0.25, 0.3) is 0 Å². The van der Waals surface area contributed by atoms with Gasteiger partial charge in [-0.25, -0.2) is 0 Å². The van der Waals surface area contributed by atoms with E-state index in [1.165, 1.54) is 7.14 Å². The third-order valence-corrected chi connectivity index (χ3v) is 5.00. The van der Waals surface area contributed by atoms with Gasteiger partial charge in [0.25, 0.3) is 0 Å². The van der Waals surface area contributed by atoms with E-state index in [2.05, 4.69) is 117 Å². The van der Waals surface area contributed by atoms with E-state index in [1.807, 2.05) is 24.3 Å². The van der Waals surface area contributed by atoms with Crippen LogP contribution in [0.1, 0.15) is 22.3 Å². The van der Waals surface area contributed by atoms with Crippen LogP contribution in [0, 0.1) is 77.2 Å². The first-order chi connectivity index (χ1) is 17.5. The maximum Gasteiger partial charge on any atom is 0.152 e. The van der Waals surface area contributed by atoms with Gasteiger partial charge in [0.1, 0.15) is 13.2 Å². The highest BCUT2D eigenvalue weighted by Gasteiger charge is 1.89. The van der Waals surface area contributed by atoms with Crippen LogP contribution in [0.15, 0.2) is 72.8 Å². The molecule has 0 spiro atoms. The second kappa shape index (κ2) is 19.6. The van der Waals surface area contributed by atoms with Crippen LogP contribution < -0.4 is 0 Å². The maximum absolute atomic E-state index is 8.50. The smallest absolute Gasteiger partial charge is 0.152 e. The summed E-state index contributed by atoms with van der Waals surface area (Å²) in [6.07, 6.45) is 0. The molecule has 174 valence electrons. The lowest BCUT2D eigenvalue weighted by atomic mass is 10.1. The zero-order valence-electron chi connectivity index (χ0n) is 18.9. The summed E-state index contributed by atoms with van der Waals surface area (Å²) in [5.41, 5.74) is 3.06. The first-order valence-corrected chi connectivity index (χ1v) is 12.3. The van der Waals surface area contributed by atoms with Gasteiger partial charge in [0, 0.05) is 41.2 Å². The van der Waals surface area contributed by atoms with Crippen LogP contribution in [0.3, 0.4) is 0 Å². The summed E-state index contributed by atoms with van der Waals surface area (Å²) in [7, 11) is 0. The molecule has 0 bridgehead atoms. The average molecular weight is 692 g/mol. The molecule has 0 radical (unpaired) electrons. The minimum Gasteiger partial charge on any atom is -0.384 e. The number of aliphatic hydroxyl groups excluding tert-OH is 2. The summed E-state index contributed by atoms with van der Waals surface area (Å²) in [6.45, 7) is -0.293. The minimum absolute atomic E-state index is 0.146. The van der Waals surface area contributed by atoms with Gasteiger partial charge in [0.15, 0.2) is 12.1 Å². The van der Waals surface area contributed by atoms with Crippen molar-refractivity contribution < 1.29 is 10.2 Å². The van der Waals surface area contributed by atoms with Gasteiger partial charge in [-0.15, -0.1) is 0 Å². The minimum atomic E-state index is -0.146. The molecule has 0 saturated heterocycles. The van der Waals surface area contributed by atoms with E-state index in [0.29, 0.717) is 0 Å². The van der Waals surface area contributed by atoms with Gasteiger partial charge < -0.3 is 10.2 Å². The summed E-state index contributed by atoms with van der Waals surface area (Å²) in [4.78, 5) is 0. The normalized spacial score (nSPS) is 7.83. The molecule has 0 aliphatic carbocycles. The van der Waals surface area contributed by atoms with E-state index in [-0.39, 0.29) is 13.2 Å². The van der Waals surface area contributed by atoms with Crippen LogP contribution in [0.5, 0.6) is 0 Å². The predicted molar refractivity (Wildman–Crippen MR) is 158 cm³/mol.